The molecule has 1 fully saturated rings. The number of fused-ring (bicyclic) bond motifs is 1. The second-order valence-corrected chi connectivity index (χ2v) is 8.94. The van der Waals surface area contributed by atoms with Gasteiger partial charge in [-0.1, -0.05) is 29.6 Å². The standard InChI is InChI=1S/C22H22N4O2S2/c1-13-5-10-18-19(11-13)30-21(14(2)23-18)15(3)24-25-22-26(20(27)12-29-22)16-6-8-17(28-4)9-7-16/h5-11,24H,12H2,1-4H3/b21-15-,25-22-. The van der Waals surface area contributed by atoms with Gasteiger partial charge in [-0.05, 0) is 62.7 Å². The summed E-state index contributed by atoms with van der Waals surface area (Å²) in [5, 5.41) is 5.16. The molecule has 1 amide bonds. The van der Waals surface area contributed by atoms with Crippen molar-refractivity contribution in [2.24, 2.45) is 10.1 Å². The number of amides is 1. The predicted octanol–water partition coefficient (Wildman–Crippen LogP) is 5.07. The Labute approximate surface area is 184 Å². The van der Waals surface area contributed by atoms with Gasteiger partial charge in [0.15, 0.2) is 5.17 Å². The number of carbonyl (C=O) groups is 1. The third-order valence-corrected chi connectivity index (χ3v) is 6.98. The van der Waals surface area contributed by atoms with Crippen LogP contribution in [0.5, 0.6) is 5.75 Å². The van der Waals surface area contributed by atoms with E-state index in [9.17, 15) is 4.79 Å². The number of amidine groups is 1. The molecule has 2 aliphatic heterocycles. The summed E-state index contributed by atoms with van der Waals surface area (Å²) >= 11 is 3.10. The number of ether oxygens (including phenoxy) is 1. The Balaban J connectivity index is 1.58. The third kappa shape index (κ3) is 4.11. The molecule has 0 aliphatic carbocycles. The summed E-state index contributed by atoms with van der Waals surface area (Å²) in [6.45, 7) is 6.06. The summed E-state index contributed by atoms with van der Waals surface area (Å²) in [5.41, 5.74) is 7.96. The quantitative estimate of drug-likeness (QED) is 0.675. The summed E-state index contributed by atoms with van der Waals surface area (Å²) in [6, 6.07) is 13.7. The van der Waals surface area contributed by atoms with E-state index in [0.717, 1.165) is 38.3 Å². The SMILES string of the molecule is COc1ccc(N2C(=O)CS/C2=N\N/C(C)=C2\Sc3cc(C)ccc3N=C2C)cc1. The first-order valence-electron chi connectivity index (χ1n) is 9.45. The molecule has 8 heteroatoms. The van der Waals surface area contributed by atoms with E-state index in [4.69, 9.17) is 9.73 Å². The van der Waals surface area contributed by atoms with Crippen molar-refractivity contribution in [1.29, 1.82) is 0 Å². The Hall–Kier alpha value is -2.71. The van der Waals surface area contributed by atoms with Crippen molar-refractivity contribution in [1.82, 2.24) is 5.43 Å². The van der Waals surface area contributed by atoms with E-state index in [2.05, 4.69) is 35.7 Å². The topological polar surface area (TPSA) is 66.3 Å². The number of hydrazone groups is 1. The number of carbonyl (C=O) groups excluding carboxylic acids is 1. The number of hydrogen-bond donors (Lipinski definition) is 1. The fourth-order valence-corrected chi connectivity index (χ4v) is 5.07. The summed E-state index contributed by atoms with van der Waals surface area (Å²) < 4.78 is 5.20. The fraction of sp³-hybridized carbons (Fsp3) is 0.227. The van der Waals surface area contributed by atoms with Crippen molar-refractivity contribution in [3.05, 3.63) is 58.6 Å². The Kier molecular flexibility index (Phi) is 5.87. The number of nitrogens with one attached hydrogen (secondary N) is 1. The van der Waals surface area contributed by atoms with Gasteiger partial charge in [0.2, 0.25) is 5.91 Å². The maximum atomic E-state index is 12.4. The summed E-state index contributed by atoms with van der Waals surface area (Å²) in [6.07, 6.45) is 0. The number of anilines is 1. The summed E-state index contributed by atoms with van der Waals surface area (Å²) in [5.74, 6) is 1.12. The number of nitrogens with zero attached hydrogens (tertiary/aromatic N) is 3. The molecule has 0 atom stereocenters. The van der Waals surface area contributed by atoms with Crippen molar-refractivity contribution in [2.75, 3.05) is 17.8 Å². The molecule has 0 unspecified atom stereocenters. The number of aryl methyl sites for hydroxylation is 1. The van der Waals surface area contributed by atoms with Gasteiger partial charge in [-0.3, -0.25) is 20.1 Å². The monoisotopic (exact) mass is 438 g/mol. The highest BCUT2D eigenvalue weighted by Crippen LogP contribution is 2.41. The van der Waals surface area contributed by atoms with Gasteiger partial charge in [0.25, 0.3) is 0 Å². The van der Waals surface area contributed by atoms with Gasteiger partial charge in [-0.2, -0.15) is 0 Å². The minimum Gasteiger partial charge on any atom is -0.497 e. The first-order valence-corrected chi connectivity index (χ1v) is 11.2. The molecule has 30 heavy (non-hydrogen) atoms. The molecule has 2 heterocycles. The maximum absolute atomic E-state index is 12.4. The van der Waals surface area contributed by atoms with E-state index in [0.29, 0.717) is 10.9 Å². The Morgan fingerprint density at radius 2 is 1.97 bits per heavy atom. The molecule has 1 N–H and O–H groups in total. The Morgan fingerprint density at radius 1 is 1.20 bits per heavy atom. The maximum Gasteiger partial charge on any atom is 0.243 e. The van der Waals surface area contributed by atoms with Gasteiger partial charge >= 0.3 is 0 Å². The molecule has 1 saturated heterocycles. The van der Waals surface area contributed by atoms with E-state index in [1.54, 1.807) is 23.8 Å². The average molecular weight is 439 g/mol. The highest BCUT2D eigenvalue weighted by molar-refractivity contribution is 8.15. The van der Waals surface area contributed by atoms with Gasteiger partial charge < -0.3 is 4.74 Å². The van der Waals surface area contributed by atoms with Crippen molar-refractivity contribution < 1.29 is 9.53 Å². The van der Waals surface area contributed by atoms with Crippen LogP contribution in [-0.4, -0.2) is 29.6 Å². The van der Waals surface area contributed by atoms with Crippen LogP contribution >= 0.6 is 23.5 Å². The number of hydrogen-bond acceptors (Lipinski definition) is 7. The van der Waals surface area contributed by atoms with E-state index < -0.39 is 0 Å². The highest BCUT2D eigenvalue weighted by atomic mass is 32.2. The second kappa shape index (κ2) is 8.57. The molecular formula is C22H22N4O2S2. The molecule has 0 spiro atoms. The van der Waals surface area contributed by atoms with Crippen LogP contribution in [0.1, 0.15) is 19.4 Å². The minimum absolute atomic E-state index is 0.00482. The summed E-state index contributed by atoms with van der Waals surface area (Å²) in [4.78, 5) is 21.0. The molecule has 2 aromatic carbocycles. The first kappa shape index (κ1) is 20.6. The second-order valence-electron chi connectivity index (χ2n) is 6.95. The molecule has 0 aromatic heterocycles. The van der Waals surface area contributed by atoms with Crippen LogP contribution in [0.15, 0.2) is 68.1 Å². The molecule has 154 valence electrons. The van der Waals surface area contributed by atoms with Crippen LogP contribution in [-0.2, 0) is 4.79 Å². The number of aliphatic imine (C=N–C) groups is 1. The van der Waals surface area contributed by atoms with E-state index in [1.807, 2.05) is 38.1 Å². The molecule has 2 aliphatic rings. The van der Waals surface area contributed by atoms with Crippen molar-refractivity contribution in [2.45, 2.75) is 25.7 Å². The third-order valence-electron chi connectivity index (χ3n) is 4.70. The predicted molar refractivity (Wildman–Crippen MR) is 126 cm³/mol. The highest BCUT2D eigenvalue weighted by Gasteiger charge is 2.30. The van der Waals surface area contributed by atoms with Crippen LogP contribution in [0.2, 0.25) is 0 Å². The van der Waals surface area contributed by atoms with Crippen LogP contribution in [0.25, 0.3) is 0 Å². The van der Waals surface area contributed by atoms with E-state index >= 15 is 0 Å². The molecule has 6 nitrogen and oxygen atoms in total. The van der Waals surface area contributed by atoms with Crippen LogP contribution in [0, 0.1) is 6.92 Å². The number of methoxy groups -OCH3 is 1. The number of allylic oxidation sites excluding steroid dienone is 2. The normalized spacial score (nSPS) is 18.9. The Bertz CT molecular complexity index is 1090. The zero-order valence-corrected chi connectivity index (χ0v) is 18.9. The zero-order chi connectivity index (χ0) is 21.3. The van der Waals surface area contributed by atoms with Crippen LogP contribution < -0.4 is 15.1 Å². The lowest BCUT2D eigenvalue weighted by Gasteiger charge is -2.19. The molecule has 0 saturated carbocycles. The molecule has 2 aromatic rings. The minimum atomic E-state index is 0.00482. The molecule has 4 rings (SSSR count). The average Bonchev–Trinajstić information content (AvgIpc) is 3.12. The number of thioether (sulfide) groups is 2. The molecular weight excluding hydrogens is 416 g/mol. The van der Waals surface area contributed by atoms with Crippen LogP contribution in [0.3, 0.4) is 0 Å². The lowest BCUT2D eigenvalue weighted by Crippen LogP contribution is -2.30. The fourth-order valence-electron chi connectivity index (χ4n) is 3.17. The van der Waals surface area contributed by atoms with Gasteiger partial charge in [0.05, 0.1) is 34.9 Å². The lowest BCUT2D eigenvalue weighted by atomic mass is 10.2. The van der Waals surface area contributed by atoms with Gasteiger partial charge in [0, 0.05) is 10.6 Å². The Morgan fingerprint density at radius 3 is 2.70 bits per heavy atom. The molecule has 0 bridgehead atoms. The smallest absolute Gasteiger partial charge is 0.243 e. The number of benzene rings is 2. The van der Waals surface area contributed by atoms with Crippen molar-refractivity contribution in [3.8, 4) is 5.75 Å². The van der Waals surface area contributed by atoms with Gasteiger partial charge in [-0.15, -0.1) is 5.10 Å². The number of rotatable bonds is 4. The van der Waals surface area contributed by atoms with Gasteiger partial charge in [0.1, 0.15) is 5.75 Å². The lowest BCUT2D eigenvalue weighted by molar-refractivity contribution is -0.115. The molecule has 0 radical (unpaired) electrons. The van der Waals surface area contributed by atoms with Crippen molar-refractivity contribution >= 4 is 51.7 Å². The van der Waals surface area contributed by atoms with E-state index in [-0.39, 0.29) is 5.91 Å². The van der Waals surface area contributed by atoms with Crippen molar-refractivity contribution in [3.63, 3.8) is 0 Å². The largest absolute Gasteiger partial charge is 0.497 e. The van der Waals surface area contributed by atoms with Gasteiger partial charge in [-0.25, -0.2) is 0 Å². The van der Waals surface area contributed by atoms with Crippen LogP contribution in [0.4, 0.5) is 11.4 Å². The zero-order valence-electron chi connectivity index (χ0n) is 17.2. The summed E-state index contributed by atoms with van der Waals surface area (Å²) in [7, 11) is 1.62. The van der Waals surface area contributed by atoms with E-state index in [1.165, 1.54) is 17.3 Å². The first-order chi connectivity index (χ1) is 14.5.